The first-order chi connectivity index (χ1) is 13.0. The van der Waals surface area contributed by atoms with Crippen LogP contribution in [0, 0.1) is 6.07 Å². The summed E-state index contributed by atoms with van der Waals surface area (Å²) in [6.07, 6.45) is 0. The minimum absolute atomic E-state index is 0. The molecular weight excluding hydrogens is 423 g/mol. The number of carbonyl (C=O) groups is 2. The van der Waals surface area contributed by atoms with Gasteiger partial charge in [-0.3, -0.25) is 4.55 Å². The van der Waals surface area contributed by atoms with Crippen molar-refractivity contribution in [1.29, 1.82) is 0 Å². The number of hydrogen-bond donors (Lipinski definition) is 1. The first-order valence-electron chi connectivity index (χ1n) is 7.23. The van der Waals surface area contributed by atoms with Gasteiger partial charge in [-0.05, 0) is 18.2 Å². The first-order valence-corrected chi connectivity index (χ1v) is 10.1. The van der Waals surface area contributed by atoms with Crippen molar-refractivity contribution in [1.82, 2.24) is 0 Å². The van der Waals surface area contributed by atoms with Crippen molar-refractivity contribution >= 4 is 32.2 Å². The van der Waals surface area contributed by atoms with E-state index >= 15 is 0 Å². The van der Waals surface area contributed by atoms with Gasteiger partial charge in [0, 0.05) is 4.90 Å². The molecule has 0 aliphatic rings. The van der Waals surface area contributed by atoms with Crippen molar-refractivity contribution in [2.75, 3.05) is 14.2 Å². The Balaban J connectivity index is 0.00000420. The van der Waals surface area contributed by atoms with E-state index in [1.54, 1.807) is 0 Å². The van der Waals surface area contributed by atoms with Crippen LogP contribution >= 0.6 is 0 Å². The van der Waals surface area contributed by atoms with Crippen molar-refractivity contribution in [3.05, 3.63) is 53.6 Å². The second-order valence-corrected chi connectivity index (χ2v) is 8.05. The van der Waals surface area contributed by atoms with Crippen LogP contribution in [0.2, 0.25) is 0 Å². The van der Waals surface area contributed by atoms with Crippen molar-refractivity contribution in [2.24, 2.45) is 0 Å². The van der Waals surface area contributed by atoms with E-state index in [2.05, 4.69) is 15.5 Å². The summed E-state index contributed by atoms with van der Waals surface area (Å²) >= 11 is 0. The fraction of sp³-hybridized carbons (Fsp3) is 0.125. The topological polar surface area (TPSA) is 150 Å². The maximum Gasteiger partial charge on any atom is 1.00 e. The molecule has 0 bridgehead atoms. The number of carbonyl (C=O) groups excluding carboxylic acids is 2. The molecule has 0 saturated carbocycles. The van der Waals surface area contributed by atoms with Gasteiger partial charge in [0.2, 0.25) is 10.1 Å². The van der Waals surface area contributed by atoms with E-state index in [0.717, 1.165) is 50.6 Å². The summed E-state index contributed by atoms with van der Waals surface area (Å²) in [6, 6.07) is 8.07. The molecule has 0 fully saturated rings. The molecule has 10 nitrogen and oxygen atoms in total. The average Bonchev–Trinajstić information content (AvgIpc) is 2.65. The van der Waals surface area contributed by atoms with Crippen LogP contribution in [0.4, 0.5) is 0 Å². The third-order valence-electron chi connectivity index (χ3n) is 3.30. The number of hydrogen-bond acceptors (Lipinski definition) is 9. The summed E-state index contributed by atoms with van der Waals surface area (Å²) in [6.45, 7) is 0. The molecule has 2 aromatic carbocycles. The Labute approximate surface area is 178 Å². The Kier molecular flexibility index (Phi) is 8.02. The third-order valence-corrected chi connectivity index (χ3v) is 5.39. The Morgan fingerprint density at radius 2 is 1.48 bits per heavy atom. The molecule has 0 atom stereocenters. The standard InChI is InChI=1S/C16H13O10S2.Li/c1-24-15(17)10-7-11(16(18)25-2)9-12(8-10)28(22,23)26-13-5-3-4-6-14(13)27(19,20)21;/h3,5-9H,1-2H3,(H,19,20,21);/q-1;+1. The first kappa shape index (κ1) is 24.7. The molecule has 1 N–H and O–H groups in total. The second-order valence-electron chi connectivity index (χ2n) is 5.11. The third kappa shape index (κ3) is 5.81. The molecule has 29 heavy (non-hydrogen) atoms. The Morgan fingerprint density at radius 1 is 0.966 bits per heavy atom. The molecule has 2 aromatic rings. The number of esters is 2. The van der Waals surface area contributed by atoms with Crippen molar-refractivity contribution < 1.29 is 63.5 Å². The van der Waals surface area contributed by atoms with Crippen molar-refractivity contribution in [2.45, 2.75) is 9.79 Å². The molecule has 0 heterocycles. The minimum atomic E-state index is -4.81. The van der Waals surface area contributed by atoms with E-state index in [1.165, 1.54) is 0 Å². The van der Waals surface area contributed by atoms with Crippen LogP contribution in [0.25, 0.3) is 0 Å². The number of rotatable bonds is 6. The maximum atomic E-state index is 12.6. The Hall–Kier alpha value is -2.36. The van der Waals surface area contributed by atoms with Gasteiger partial charge in [-0.25, -0.2) is 18.0 Å². The summed E-state index contributed by atoms with van der Waals surface area (Å²) in [5.74, 6) is -2.57. The van der Waals surface area contributed by atoms with E-state index in [4.69, 9.17) is 4.18 Å². The Bertz CT molecular complexity index is 1110. The largest absolute Gasteiger partial charge is 1.00 e. The van der Waals surface area contributed by atoms with Crippen molar-refractivity contribution in [3.8, 4) is 5.75 Å². The van der Waals surface area contributed by atoms with E-state index in [-0.39, 0.29) is 30.0 Å². The van der Waals surface area contributed by atoms with E-state index in [9.17, 15) is 31.0 Å². The minimum Gasteiger partial charge on any atom is -0.465 e. The second kappa shape index (κ2) is 9.42. The molecule has 2 rings (SSSR count). The normalized spacial score (nSPS) is 11.1. The molecule has 0 aromatic heterocycles. The van der Waals surface area contributed by atoms with Crippen LogP contribution in [0.5, 0.6) is 5.75 Å². The fourth-order valence-corrected chi connectivity index (χ4v) is 3.71. The van der Waals surface area contributed by atoms with Gasteiger partial charge < -0.3 is 13.7 Å². The quantitative estimate of drug-likeness (QED) is 0.178. The molecule has 13 heteroatoms. The average molecular weight is 436 g/mol. The van der Waals surface area contributed by atoms with E-state index < -0.39 is 47.7 Å². The summed E-state index contributed by atoms with van der Waals surface area (Å²) in [4.78, 5) is 22.1. The van der Waals surface area contributed by atoms with Crippen molar-refractivity contribution in [3.63, 3.8) is 0 Å². The zero-order chi connectivity index (χ0) is 21.1. The van der Waals surface area contributed by atoms with Gasteiger partial charge in [-0.15, -0.1) is 6.07 Å². The molecule has 0 spiro atoms. The van der Waals surface area contributed by atoms with Crippen LogP contribution in [0.15, 0.2) is 46.2 Å². The predicted octanol–water partition coefficient (Wildman–Crippen LogP) is -1.92. The van der Waals surface area contributed by atoms with Gasteiger partial charge in [0.05, 0.1) is 31.1 Å². The van der Waals surface area contributed by atoms with Gasteiger partial charge in [0.15, 0.2) is 0 Å². The van der Waals surface area contributed by atoms with E-state index in [1.807, 2.05) is 0 Å². The number of benzene rings is 2. The number of methoxy groups -OCH3 is 2. The van der Waals surface area contributed by atoms with Crippen LogP contribution in [-0.2, 0) is 29.7 Å². The van der Waals surface area contributed by atoms with Gasteiger partial charge in [-0.2, -0.15) is 26.6 Å². The Morgan fingerprint density at radius 3 is 1.93 bits per heavy atom. The smallest absolute Gasteiger partial charge is 0.465 e. The monoisotopic (exact) mass is 436 g/mol. The summed E-state index contributed by atoms with van der Waals surface area (Å²) in [5, 5.41) is 0. The molecule has 0 amide bonds. The van der Waals surface area contributed by atoms with E-state index in [0.29, 0.717) is 0 Å². The van der Waals surface area contributed by atoms with Crippen LogP contribution in [0.1, 0.15) is 20.7 Å². The molecule has 0 aliphatic carbocycles. The predicted molar refractivity (Wildman–Crippen MR) is 92.0 cm³/mol. The van der Waals surface area contributed by atoms with Crippen LogP contribution in [0.3, 0.4) is 0 Å². The molecule has 0 unspecified atom stereocenters. The SMILES string of the molecule is COC(=O)c1cc(C(=O)OC)cc(S(=O)(=O)Oc2cc[c-]cc2S(=O)(=O)O)c1.[Li+]. The molecule has 0 saturated heterocycles. The maximum absolute atomic E-state index is 12.6. The zero-order valence-electron chi connectivity index (χ0n) is 15.4. The molecular formula is C16H13LiO10S2. The van der Waals surface area contributed by atoms with Gasteiger partial charge >= 0.3 is 40.9 Å². The van der Waals surface area contributed by atoms with Gasteiger partial charge in [0.25, 0.3) is 0 Å². The summed E-state index contributed by atoms with van der Waals surface area (Å²) < 4.78 is 70.9. The van der Waals surface area contributed by atoms with Crippen LogP contribution < -0.4 is 23.0 Å². The summed E-state index contributed by atoms with van der Waals surface area (Å²) in [5.41, 5.74) is -0.576. The molecule has 0 aliphatic heterocycles. The van der Waals surface area contributed by atoms with Gasteiger partial charge in [0.1, 0.15) is 4.90 Å². The fourth-order valence-electron chi connectivity index (χ4n) is 2.05. The zero-order valence-corrected chi connectivity index (χ0v) is 17.0. The number of ether oxygens (including phenoxy) is 2. The van der Waals surface area contributed by atoms with Crippen LogP contribution in [-0.4, -0.2) is 47.5 Å². The molecule has 150 valence electrons. The van der Waals surface area contributed by atoms with Gasteiger partial charge in [-0.1, -0.05) is 0 Å². The molecule has 0 radical (unpaired) electrons. The summed E-state index contributed by atoms with van der Waals surface area (Å²) in [7, 11) is -7.43.